The lowest BCUT2D eigenvalue weighted by Gasteiger charge is -2.06. The molecule has 0 aliphatic carbocycles. The van der Waals surface area contributed by atoms with Crippen molar-refractivity contribution >= 4 is 17.3 Å². The van der Waals surface area contributed by atoms with E-state index in [1.165, 1.54) is 25.3 Å². The Morgan fingerprint density at radius 2 is 2.29 bits per heavy atom. The maximum absolute atomic E-state index is 10.8. The molecule has 0 saturated heterocycles. The summed E-state index contributed by atoms with van der Waals surface area (Å²) < 4.78 is 4.81. The van der Waals surface area contributed by atoms with Crippen LogP contribution in [0.2, 0.25) is 0 Å². The normalized spacial score (nSPS) is 9.94. The third-order valence-electron chi connectivity index (χ3n) is 2.06. The largest absolute Gasteiger partial charge is 0.477 e. The van der Waals surface area contributed by atoms with E-state index in [1.54, 1.807) is 0 Å². The molecule has 0 spiro atoms. The van der Waals surface area contributed by atoms with Gasteiger partial charge in [-0.2, -0.15) is 0 Å². The van der Waals surface area contributed by atoms with Crippen LogP contribution in [0.4, 0.5) is 11.4 Å². The van der Waals surface area contributed by atoms with Crippen LogP contribution >= 0.6 is 0 Å². The molecule has 7 nitrogen and oxygen atoms in total. The fourth-order valence-corrected chi connectivity index (χ4v) is 1.27. The highest BCUT2D eigenvalue weighted by Gasteiger charge is 2.19. The Bertz CT molecular complexity index is 433. The number of methoxy groups -OCH3 is 1. The minimum absolute atomic E-state index is 0.327. The van der Waals surface area contributed by atoms with Gasteiger partial charge in [-0.1, -0.05) is 0 Å². The van der Waals surface area contributed by atoms with Crippen LogP contribution in [0.1, 0.15) is 10.4 Å². The van der Waals surface area contributed by atoms with Crippen molar-refractivity contribution in [1.29, 1.82) is 0 Å². The summed E-state index contributed by atoms with van der Waals surface area (Å²) in [5, 5.41) is 22.4. The quantitative estimate of drug-likeness (QED) is 0.442. The zero-order valence-electron chi connectivity index (χ0n) is 9.17. The lowest BCUT2D eigenvalue weighted by Crippen LogP contribution is -2.09. The number of carboxylic acid groups (broad SMARTS) is 1. The van der Waals surface area contributed by atoms with E-state index in [0.717, 1.165) is 0 Å². The summed E-state index contributed by atoms with van der Waals surface area (Å²) >= 11 is 0. The zero-order chi connectivity index (χ0) is 12.8. The highest BCUT2D eigenvalue weighted by atomic mass is 16.6. The smallest absolute Gasteiger partial charge is 0.342 e. The van der Waals surface area contributed by atoms with Gasteiger partial charge in [-0.3, -0.25) is 10.1 Å². The summed E-state index contributed by atoms with van der Waals surface area (Å²) in [6.45, 7) is 0.939. The first-order chi connectivity index (χ1) is 8.06. The Morgan fingerprint density at radius 3 is 2.82 bits per heavy atom. The highest BCUT2D eigenvalue weighted by molar-refractivity contribution is 5.93. The number of hydrogen-bond donors (Lipinski definition) is 2. The lowest BCUT2D eigenvalue weighted by molar-refractivity contribution is -0.385. The Hall–Kier alpha value is -2.15. The minimum atomic E-state index is -1.32. The minimum Gasteiger partial charge on any atom is -0.477 e. The molecule has 0 unspecified atom stereocenters. The molecule has 1 aromatic carbocycles. The fourth-order valence-electron chi connectivity index (χ4n) is 1.27. The van der Waals surface area contributed by atoms with Crippen molar-refractivity contribution in [2.45, 2.75) is 0 Å². The maximum atomic E-state index is 10.8. The number of benzene rings is 1. The molecular weight excluding hydrogens is 228 g/mol. The number of anilines is 1. The second-order valence-corrected chi connectivity index (χ2v) is 3.21. The summed E-state index contributed by atoms with van der Waals surface area (Å²) in [4.78, 5) is 20.7. The number of carboxylic acids is 1. The van der Waals surface area contributed by atoms with Gasteiger partial charge in [0.1, 0.15) is 5.56 Å². The van der Waals surface area contributed by atoms with Crippen molar-refractivity contribution in [3.05, 3.63) is 33.9 Å². The van der Waals surface area contributed by atoms with E-state index in [0.29, 0.717) is 18.8 Å². The highest BCUT2D eigenvalue weighted by Crippen LogP contribution is 2.23. The van der Waals surface area contributed by atoms with Gasteiger partial charge in [0.15, 0.2) is 0 Å². The second kappa shape index (κ2) is 5.80. The van der Waals surface area contributed by atoms with Crippen molar-refractivity contribution in [1.82, 2.24) is 0 Å². The Labute approximate surface area is 97.2 Å². The van der Waals surface area contributed by atoms with Crippen LogP contribution < -0.4 is 5.32 Å². The number of nitrogens with zero attached hydrogens (tertiary/aromatic N) is 1. The molecule has 17 heavy (non-hydrogen) atoms. The molecule has 7 heteroatoms. The van der Waals surface area contributed by atoms with Gasteiger partial charge in [0.05, 0.1) is 11.5 Å². The van der Waals surface area contributed by atoms with Crippen molar-refractivity contribution < 1.29 is 19.6 Å². The SMILES string of the molecule is COCCNc1ccc(C(=O)O)c([N+](=O)[O-])c1. The average molecular weight is 240 g/mol. The number of carbonyl (C=O) groups is 1. The van der Waals surface area contributed by atoms with E-state index in [4.69, 9.17) is 9.84 Å². The Balaban J connectivity index is 2.94. The average Bonchev–Trinajstić information content (AvgIpc) is 2.29. The van der Waals surface area contributed by atoms with Crippen LogP contribution in [0.3, 0.4) is 0 Å². The third kappa shape index (κ3) is 3.42. The first-order valence-electron chi connectivity index (χ1n) is 4.80. The van der Waals surface area contributed by atoms with Gasteiger partial charge in [-0.15, -0.1) is 0 Å². The Morgan fingerprint density at radius 1 is 1.59 bits per heavy atom. The second-order valence-electron chi connectivity index (χ2n) is 3.21. The van der Waals surface area contributed by atoms with Crippen LogP contribution in [0, 0.1) is 10.1 Å². The van der Waals surface area contributed by atoms with Crippen molar-refractivity contribution in [3.63, 3.8) is 0 Å². The number of nitrogens with one attached hydrogen (secondary N) is 1. The van der Waals surface area contributed by atoms with Gasteiger partial charge in [0.25, 0.3) is 5.69 Å². The number of aromatic carboxylic acids is 1. The van der Waals surface area contributed by atoms with Gasteiger partial charge >= 0.3 is 5.97 Å². The van der Waals surface area contributed by atoms with Crippen molar-refractivity contribution in [2.75, 3.05) is 25.6 Å². The van der Waals surface area contributed by atoms with Crippen LogP contribution in [-0.2, 0) is 4.74 Å². The van der Waals surface area contributed by atoms with Gasteiger partial charge in [0.2, 0.25) is 0 Å². The number of nitro benzene ring substituents is 1. The molecule has 0 bridgehead atoms. The standard InChI is InChI=1S/C10H12N2O5/c1-17-5-4-11-7-2-3-8(10(13)14)9(6-7)12(15)16/h2-3,6,11H,4-5H2,1H3,(H,13,14). The first-order valence-corrected chi connectivity index (χ1v) is 4.80. The van der Waals surface area contributed by atoms with E-state index in [-0.39, 0.29) is 5.56 Å². The summed E-state index contributed by atoms with van der Waals surface area (Å²) in [6, 6.07) is 3.88. The van der Waals surface area contributed by atoms with Crippen molar-refractivity contribution in [2.24, 2.45) is 0 Å². The molecule has 2 N–H and O–H groups in total. The van der Waals surface area contributed by atoms with E-state index in [9.17, 15) is 14.9 Å². The van der Waals surface area contributed by atoms with Crippen LogP contribution in [0.15, 0.2) is 18.2 Å². The molecule has 1 rings (SSSR count). The number of rotatable bonds is 6. The topological polar surface area (TPSA) is 102 Å². The van der Waals surface area contributed by atoms with E-state index in [1.807, 2.05) is 0 Å². The molecule has 0 heterocycles. The summed E-state index contributed by atoms with van der Waals surface area (Å²) in [5.74, 6) is -1.32. The van der Waals surface area contributed by atoms with Crippen LogP contribution in [0.25, 0.3) is 0 Å². The molecular formula is C10H12N2O5. The molecule has 0 atom stereocenters. The molecule has 0 saturated carbocycles. The van der Waals surface area contributed by atoms with Gasteiger partial charge < -0.3 is 15.2 Å². The van der Waals surface area contributed by atoms with Gasteiger partial charge in [-0.05, 0) is 12.1 Å². The molecule has 92 valence electrons. The van der Waals surface area contributed by atoms with Crippen molar-refractivity contribution in [3.8, 4) is 0 Å². The molecule has 1 aromatic rings. The van der Waals surface area contributed by atoms with E-state index < -0.39 is 16.6 Å². The third-order valence-corrected chi connectivity index (χ3v) is 2.06. The lowest BCUT2D eigenvalue weighted by atomic mass is 10.1. The molecule has 0 radical (unpaired) electrons. The predicted molar refractivity (Wildman–Crippen MR) is 60.4 cm³/mol. The predicted octanol–water partition coefficient (Wildman–Crippen LogP) is 1.35. The molecule has 0 aliphatic rings. The monoisotopic (exact) mass is 240 g/mol. The van der Waals surface area contributed by atoms with Crippen LogP contribution in [0.5, 0.6) is 0 Å². The molecule has 0 aromatic heterocycles. The number of nitro groups is 1. The number of ether oxygens (including phenoxy) is 1. The van der Waals surface area contributed by atoms with E-state index in [2.05, 4.69) is 5.32 Å². The van der Waals surface area contributed by atoms with Gasteiger partial charge in [-0.25, -0.2) is 4.79 Å². The summed E-state index contributed by atoms with van der Waals surface area (Å²) in [5.41, 5.74) is -0.272. The zero-order valence-corrected chi connectivity index (χ0v) is 9.17. The number of hydrogen-bond acceptors (Lipinski definition) is 5. The Kier molecular flexibility index (Phi) is 4.41. The maximum Gasteiger partial charge on any atom is 0.342 e. The molecule has 0 aliphatic heterocycles. The van der Waals surface area contributed by atoms with Gasteiger partial charge in [0, 0.05) is 25.4 Å². The van der Waals surface area contributed by atoms with E-state index >= 15 is 0 Å². The molecule has 0 amide bonds. The fraction of sp³-hybridized carbons (Fsp3) is 0.300. The summed E-state index contributed by atoms with van der Waals surface area (Å²) in [6.07, 6.45) is 0. The molecule has 0 fully saturated rings. The summed E-state index contributed by atoms with van der Waals surface area (Å²) in [7, 11) is 1.54. The first kappa shape index (κ1) is 12.9. The van der Waals surface area contributed by atoms with Crippen LogP contribution in [-0.4, -0.2) is 36.3 Å².